The molecule has 0 amide bonds. The van der Waals surface area contributed by atoms with E-state index < -0.39 is 0 Å². The van der Waals surface area contributed by atoms with Crippen molar-refractivity contribution in [1.29, 1.82) is 0 Å². The van der Waals surface area contributed by atoms with Crippen LogP contribution in [0.5, 0.6) is 5.75 Å². The smallest absolute Gasteiger partial charge is 0.123 e. The van der Waals surface area contributed by atoms with Crippen LogP contribution >= 0.6 is 0 Å². The molecule has 2 nitrogen and oxygen atoms in total. The molecule has 1 heterocycles. The van der Waals surface area contributed by atoms with Crippen molar-refractivity contribution in [1.82, 2.24) is 4.57 Å². The topological polar surface area (TPSA) is 25.2 Å². The second-order valence-electron chi connectivity index (χ2n) is 8.02. The fourth-order valence-corrected chi connectivity index (χ4v) is 4.57. The number of aromatic nitrogens is 1. The maximum Gasteiger partial charge on any atom is 0.123 e. The molecule has 0 fully saturated rings. The summed E-state index contributed by atoms with van der Waals surface area (Å²) >= 11 is 0. The molecule has 6 rings (SSSR count). The lowest BCUT2D eigenvalue weighted by Crippen LogP contribution is -1.92. The van der Waals surface area contributed by atoms with Gasteiger partial charge in [0.15, 0.2) is 0 Å². The van der Waals surface area contributed by atoms with Gasteiger partial charge in [0, 0.05) is 22.0 Å². The van der Waals surface area contributed by atoms with Crippen molar-refractivity contribution in [2.75, 3.05) is 0 Å². The number of fused-ring (bicyclic) bond motifs is 3. The van der Waals surface area contributed by atoms with Crippen molar-refractivity contribution in [2.45, 2.75) is 0 Å². The Bertz CT molecular complexity index is 1560. The quantitative estimate of drug-likeness (QED) is 0.315. The van der Waals surface area contributed by atoms with Crippen LogP contribution in [0.2, 0.25) is 0 Å². The van der Waals surface area contributed by atoms with Crippen LogP contribution in [0, 0.1) is 0 Å². The van der Waals surface area contributed by atoms with Gasteiger partial charge >= 0.3 is 0 Å². The number of nitrogens with zero attached hydrogens (tertiary/aromatic N) is 1. The maximum absolute atomic E-state index is 10.5. The molecule has 6 aromatic rings. The number of aromatic hydroxyl groups is 1. The maximum atomic E-state index is 10.5. The molecule has 32 heavy (non-hydrogen) atoms. The van der Waals surface area contributed by atoms with Gasteiger partial charge in [-0.05, 0) is 59.2 Å². The van der Waals surface area contributed by atoms with Gasteiger partial charge in [-0.3, -0.25) is 0 Å². The van der Waals surface area contributed by atoms with Crippen molar-refractivity contribution in [3.05, 3.63) is 121 Å². The summed E-state index contributed by atoms with van der Waals surface area (Å²) in [5.41, 5.74) is 7.60. The van der Waals surface area contributed by atoms with Crippen LogP contribution < -0.4 is 0 Å². The number of hydrogen-bond acceptors (Lipinski definition) is 1. The van der Waals surface area contributed by atoms with Gasteiger partial charge in [0.25, 0.3) is 0 Å². The highest BCUT2D eigenvalue weighted by molar-refractivity contribution is 6.10. The largest absolute Gasteiger partial charge is 0.507 e. The Morgan fingerprint density at radius 2 is 1.09 bits per heavy atom. The number of para-hydroxylation sites is 2. The highest BCUT2D eigenvalue weighted by atomic mass is 16.3. The van der Waals surface area contributed by atoms with E-state index in [2.05, 4.69) is 77.4 Å². The van der Waals surface area contributed by atoms with E-state index in [-0.39, 0.29) is 0 Å². The average Bonchev–Trinajstić information content (AvgIpc) is 3.19. The molecule has 1 N–H and O–H groups in total. The zero-order valence-corrected chi connectivity index (χ0v) is 17.4. The minimum atomic E-state index is 0.293. The molecule has 0 radical (unpaired) electrons. The first-order valence-electron chi connectivity index (χ1n) is 10.8. The molecule has 2 heteroatoms. The predicted molar refractivity (Wildman–Crippen MR) is 133 cm³/mol. The van der Waals surface area contributed by atoms with Gasteiger partial charge in [-0.15, -0.1) is 0 Å². The molecular formula is C30H21NO. The van der Waals surface area contributed by atoms with Gasteiger partial charge in [0.2, 0.25) is 0 Å². The summed E-state index contributed by atoms with van der Waals surface area (Å²) in [6.07, 6.45) is 0. The fraction of sp³-hybridized carbons (Fsp3) is 0. The third kappa shape index (κ3) is 2.97. The minimum absolute atomic E-state index is 0.293. The van der Waals surface area contributed by atoms with Crippen LogP contribution in [0.25, 0.3) is 49.7 Å². The molecule has 0 bridgehead atoms. The van der Waals surface area contributed by atoms with Crippen molar-refractivity contribution >= 4 is 21.8 Å². The summed E-state index contributed by atoms with van der Waals surface area (Å²) in [4.78, 5) is 0. The highest BCUT2D eigenvalue weighted by Gasteiger charge is 2.13. The molecular weight excluding hydrogens is 390 g/mol. The molecule has 0 saturated heterocycles. The second kappa shape index (κ2) is 7.44. The molecule has 152 valence electrons. The van der Waals surface area contributed by atoms with Crippen LogP contribution in [-0.2, 0) is 0 Å². The number of phenolic OH excluding ortho intramolecular Hbond substituents is 1. The van der Waals surface area contributed by atoms with Crippen LogP contribution in [-0.4, -0.2) is 9.67 Å². The van der Waals surface area contributed by atoms with E-state index in [0.717, 1.165) is 27.9 Å². The lowest BCUT2D eigenvalue weighted by Gasteiger charge is -2.10. The van der Waals surface area contributed by atoms with Crippen molar-refractivity contribution in [3.63, 3.8) is 0 Å². The van der Waals surface area contributed by atoms with E-state index in [1.165, 1.54) is 21.8 Å². The normalized spacial score (nSPS) is 11.2. The summed E-state index contributed by atoms with van der Waals surface area (Å²) in [7, 11) is 0. The van der Waals surface area contributed by atoms with Crippen LogP contribution in [0.1, 0.15) is 0 Å². The van der Waals surface area contributed by atoms with E-state index in [0.29, 0.717) is 5.75 Å². The molecule has 0 atom stereocenters. The summed E-state index contributed by atoms with van der Waals surface area (Å²) in [5.74, 6) is 0.293. The Hall–Kier alpha value is -4.30. The monoisotopic (exact) mass is 411 g/mol. The summed E-state index contributed by atoms with van der Waals surface area (Å²) in [6, 6.07) is 41.5. The van der Waals surface area contributed by atoms with E-state index in [4.69, 9.17) is 0 Å². The van der Waals surface area contributed by atoms with Gasteiger partial charge in [0.05, 0.1) is 11.0 Å². The Morgan fingerprint density at radius 1 is 0.469 bits per heavy atom. The lowest BCUT2D eigenvalue weighted by molar-refractivity contribution is 0.477. The molecule has 0 aliphatic carbocycles. The van der Waals surface area contributed by atoms with Crippen LogP contribution in [0.4, 0.5) is 0 Å². The van der Waals surface area contributed by atoms with E-state index in [1.54, 1.807) is 6.07 Å². The molecule has 0 unspecified atom stereocenters. The highest BCUT2D eigenvalue weighted by Crippen LogP contribution is 2.37. The van der Waals surface area contributed by atoms with E-state index >= 15 is 0 Å². The summed E-state index contributed by atoms with van der Waals surface area (Å²) in [6.45, 7) is 0. The third-order valence-corrected chi connectivity index (χ3v) is 6.10. The number of hydrogen-bond donors (Lipinski definition) is 1. The average molecular weight is 412 g/mol. The Morgan fingerprint density at radius 3 is 1.91 bits per heavy atom. The first-order chi connectivity index (χ1) is 15.8. The SMILES string of the molecule is Oc1ccc(-c2ccc3c(c2)c2ccccc2n3-c2ccccc2)cc1-c1ccccc1. The zero-order valence-electron chi connectivity index (χ0n) is 17.4. The molecule has 5 aromatic carbocycles. The second-order valence-corrected chi connectivity index (χ2v) is 8.02. The van der Waals surface area contributed by atoms with Crippen molar-refractivity contribution in [2.24, 2.45) is 0 Å². The predicted octanol–water partition coefficient (Wildman–Crippen LogP) is 7.82. The number of rotatable bonds is 3. The van der Waals surface area contributed by atoms with Crippen molar-refractivity contribution < 1.29 is 5.11 Å². The Kier molecular flexibility index (Phi) is 4.29. The zero-order chi connectivity index (χ0) is 21.5. The van der Waals surface area contributed by atoms with Crippen LogP contribution in [0.3, 0.4) is 0 Å². The first kappa shape index (κ1) is 18.5. The Balaban J connectivity index is 1.57. The van der Waals surface area contributed by atoms with Crippen molar-refractivity contribution in [3.8, 4) is 33.7 Å². The number of phenols is 1. The fourth-order valence-electron chi connectivity index (χ4n) is 4.57. The molecule has 0 aliphatic rings. The van der Waals surface area contributed by atoms with E-state index in [9.17, 15) is 5.11 Å². The van der Waals surface area contributed by atoms with Gasteiger partial charge in [0.1, 0.15) is 5.75 Å². The van der Waals surface area contributed by atoms with Gasteiger partial charge < -0.3 is 9.67 Å². The van der Waals surface area contributed by atoms with E-state index in [1.807, 2.05) is 42.5 Å². The molecule has 1 aromatic heterocycles. The number of benzene rings is 5. The summed E-state index contributed by atoms with van der Waals surface area (Å²) in [5, 5.41) is 12.9. The van der Waals surface area contributed by atoms with Gasteiger partial charge in [-0.25, -0.2) is 0 Å². The first-order valence-corrected chi connectivity index (χ1v) is 10.8. The van der Waals surface area contributed by atoms with Gasteiger partial charge in [-0.1, -0.05) is 78.9 Å². The third-order valence-electron chi connectivity index (χ3n) is 6.10. The summed E-state index contributed by atoms with van der Waals surface area (Å²) < 4.78 is 2.32. The Labute approximate surface area is 186 Å². The van der Waals surface area contributed by atoms with Crippen LogP contribution in [0.15, 0.2) is 121 Å². The lowest BCUT2D eigenvalue weighted by atomic mass is 9.97. The standard InChI is InChI=1S/C30H21NO/c32-30-18-16-23(19-26(30)21-9-3-1-4-10-21)22-15-17-29-27(20-22)25-13-7-8-14-28(25)31(29)24-11-5-2-6-12-24/h1-20,32H. The molecule has 0 saturated carbocycles. The molecule has 0 spiro atoms. The minimum Gasteiger partial charge on any atom is -0.507 e. The molecule has 0 aliphatic heterocycles. The van der Waals surface area contributed by atoms with Gasteiger partial charge in [-0.2, -0.15) is 0 Å².